The van der Waals surface area contributed by atoms with Crippen LogP contribution in [-0.2, 0) is 19.5 Å². The molecule has 6 heteroatoms. The molecule has 0 bridgehead atoms. The summed E-state index contributed by atoms with van der Waals surface area (Å²) in [6.07, 6.45) is 0.893. The first-order valence-corrected chi connectivity index (χ1v) is 9.22. The lowest BCUT2D eigenvalue weighted by molar-refractivity contribution is 0.101. The molecule has 0 unspecified atom stereocenters. The number of Topliss-reactive ketones (excluding diaryl/α,β-unsaturated/α-hetero) is 1. The number of ketones is 1. The van der Waals surface area contributed by atoms with Gasteiger partial charge in [0, 0.05) is 19.6 Å². The van der Waals surface area contributed by atoms with Gasteiger partial charge in [-0.2, -0.15) is 0 Å². The average Bonchev–Trinajstić information content (AvgIpc) is 2.71. The van der Waals surface area contributed by atoms with Crippen molar-refractivity contribution in [1.29, 1.82) is 0 Å². The van der Waals surface area contributed by atoms with Gasteiger partial charge < -0.3 is 18.9 Å². The summed E-state index contributed by atoms with van der Waals surface area (Å²) >= 11 is 0. The Kier molecular flexibility index (Phi) is 6.09. The van der Waals surface area contributed by atoms with Crippen LogP contribution >= 0.6 is 0 Å². The molecule has 0 saturated carbocycles. The molecule has 0 aliphatic carbocycles. The van der Waals surface area contributed by atoms with Crippen LogP contribution in [0.2, 0.25) is 0 Å². The SMILES string of the molecule is COc1cc2c(cc1C(C)=O)CCN(Cc1cc(OC)c(OC)c(OC)c1)C2. The second kappa shape index (κ2) is 8.52. The number of rotatable bonds is 7. The summed E-state index contributed by atoms with van der Waals surface area (Å²) in [4.78, 5) is 14.2. The van der Waals surface area contributed by atoms with Gasteiger partial charge in [0.15, 0.2) is 17.3 Å². The minimum atomic E-state index is 0.0273. The molecule has 0 spiro atoms. The molecule has 3 rings (SSSR count). The Morgan fingerprint density at radius 2 is 1.54 bits per heavy atom. The predicted octanol–water partition coefficient (Wildman–Crippen LogP) is 3.48. The van der Waals surface area contributed by atoms with Crippen LogP contribution in [0.5, 0.6) is 23.0 Å². The van der Waals surface area contributed by atoms with E-state index in [9.17, 15) is 4.79 Å². The summed E-state index contributed by atoms with van der Waals surface area (Å²) < 4.78 is 21.7. The number of ether oxygens (including phenoxy) is 4. The van der Waals surface area contributed by atoms with Crippen LogP contribution in [0, 0.1) is 0 Å². The number of methoxy groups -OCH3 is 4. The van der Waals surface area contributed by atoms with Crippen LogP contribution in [0.4, 0.5) is 0 Å². The number of hydrogen-bond donors (Lipinski definition) is 0. The van der Waals surface area contributed by atoms with Crippen molar-refractivity contribution in [3.8, 4) is 23.0 Å². The smallest absolute Gasteiger partial charge is 0.203 e. The molecule has 1 heterocycles. The van der Waals surface area contributed by atoms with E-state index in [2.05, 4.69) is 4.90 Å². The molecule has 1 aliphatic heterocycles. The number of nitrogens with zero attached hydrogens (tertiary/aromatic N) is 1. The zero-order chi connectivity index (χ0) is 20.3. The molecular formula is C22H27NO5. The zero-order valence-corrected chi connectivity index (χ0v) is 17.1. The maximum absolute atomic E-state index is 11.9. The van der Waals surface area contributed by atoms with Crippen molar-refractivity contribution in [2.45, 2.75) is 26.4 Å². The molecule has 0 amide bonds. The van der Waals surface area contributed by atoms with Gasteiger partial charge in [0.2, 0.25) is 5.75 Å². The van der Waals surface area contributed by atoms with E-state index in [4.69, 9.17) is 18.9 Å². The van der Waals surface area contributed by atoms with Crippen molar-refractivity contribution in [3.63, 3.8) is 0 Å². The minimum Gasteiger partial charge on any atom is -0.496 e. The molecule has 2 aromatic rings. The lowest BCUT2D eigenvalue weighted by Gasteiger charge is -2.30. The lowest BCUT2D eigenvalue weighted by Crippen LogP contribution is -2.30. The van der Waals surface area contributed by atoms with Gasteiger partial charge in [0.05, 0.1) is 34.0 Å². The first-order chi connectivity index (χ1) is 13.5. The Hall–Kier alpha value is -2.73. The Bertz CT molecular complexity index is 852. The van der Waals surface area contributed by atoms with E-state index in [0.717, 1.165) is 31.6 Å². The summed E-state index contributed by atoms with van der Waals surface area (Å²) in [6.45, 7) is 4.03. The van der Waals surface area contributed by atoms with E-state index in [1.54, 1.807) is 35.4 Å². The number of benzene rings is 2. The monoisotopic (exact) mass is 385 g/mol. The third-order valence-electron chi connectivity index (χ3n) is 5.12. The fraction of sp³-hybridized carbons (Fsp3) is 0.409. The van der Waals surface area contributed by atoms with E-state index in [1.807, 2.05) is 24.3 Å². The topological polar surface area (TPSA) is 57.2 Å². The molecule has 28 heavy (non-hydrogen) atoms. The second-order valence-corrected chi connectivity index (χ2v) is 6.87. The van der Waals surface area contributed by atoms with Gasteiger partial charge in [-0.3, -0.25) is 9.69 Å². The molecule has 1 aliphatic rings. The number of fused-ring (bicyclic) bond motifs is 1. The first-order valence-electron chi connectivity index (χ1n) is 9.22. The van der Waals surface area contributed by atoms with E-state index < -0.39 is 0 Å². The van der Waals surface area contributed by atoms with E-state index in [0.29, 0.717) is 28.6 Å². The van der Waals surface area contributed by atoms with Gasteiger partial charge in [-0.15, -0.1) is 0 Å². The van der Waals surface area contributed by atoms with Crippen LogP contribution in [-0.4, -0.2) is 45.7 Å². The van der Waals surface area contributed by atoms with Crippen LogP contribution in [0.25, 0.3) is 0 Å². The summed E-state index contributed by atoms with van der Waals surface area (Å²) in [6, 6.07) is 7.94. The highest BCUT2D eigenvalue weighted by molar-refractivity contribution is 5.97. The van der Waals surface area contributed by atoms with Gasteiger partial charge in [0.1, 0.15) is 5.75 Å². The molecule has 0 aromatic heterocycles. The minimum absolute atomic E-state index is 0.0273. The van der Waals surface area contributed by atoms with Crippen LogP contribution in [0.3, 0.4) is 0 Å². The fourth-order valence-electron chi connectivity index (χ4n) is 3.71. The Morgan fingerprint density at radius 1 is 0.893 bits per heavy atom. The lowest BCUT2D eigenvalue weighted by atomic mass is 9.95. The number of carbonyl (C=O) groups excluding carboxylic acids is 1. The van der Waals surface area contributed by atoms with E-state index in [1.165, 1.54) is 11.1 Å². The molecule has 0 radical (unpaired) electrons. The van der Waals surface area contributed by atoms with Crippen molar-refractivity contribution in [3.05, 3.63) is 46.5 Å². The highest BCUT2D eigenvalue weighted by Gasteiger charge is 2.21. The maximum Gasteiger partial charge on any atom is 0.203 e. The third kappa shape index (κ3) is 3.92. The Labute approximate surface area is 166 Å². The Morgan fingerprint density at radius 3 is 2.07 bits per heavy atom. The van der Waals surface area contributed by atoms with Gasteiger partial charge in [-0.05, 0) is 54.3 Å². The summed E-state index contributed by atoms with van der Waals surface area (Å²) in [5, 5.41) is 0. The van der Waals surface area contributed by atoms with Crippen LogP contribution in [0.1, 0.15) is 34.0 Å². The molecule has 0 fully saturated rings. The van der Waals surface area contributed by atoms with Crippen molar-refractivity contribution >= 4 is 5.78 Å². The maximum atomic E-state index is 11.9. The van der Waals surface area contributed by atoms with Gasteiger partial charge >= 0.3 is 0 Å². The normalized spacial score (nSPS) is 13.6. The molecule has 0 N–H and O–H groups in total. The zero-order valence-electron chi connectivity index (χ0n) is 17.1. The second-order valence-electron chi connectivity index (χ2n) is 6.87. The van der Waals surface area contributed by atoms with Crippen molar-refractivity contribution in [2.24, 2.45) is 0 Å². The highest BCUT2D eigenvalue weighted by Crippen LogP contribution is 2.39. The van der Waals surface area contributed by atoms with Crippen LogP contribution < -0.4 is 18.9 Å². The van der Waals surface area contributed by atoms with E-state index >= 15 is 0 Å². The largest absolute Gasteiger partial charge is 0.496 e. The third-order valence-corrected chi connectivity index (χ3v) is 5.12. The van der Waals surface area contributed by atoms with Gasteiger partial charge in [-0.25, -0.2) is 0 Å². The molecule has 0 atom stereocenters. The molecule has 6 nitrogen and oxygen atoms in total. The fourth-order valence-corrected chi connectivity index (χ4v) is 3.71. The van der Waals surface area contributed by atoms with Gasteiger partial charge in [-0.1, -0.05) is 0 Å². The molecular weight excluding hydrogens is 358 g/mol. The molecule has 150 valence electrons. The number of carbonyl (C=O) groups is 1. The highest BCUT2D eigenvalue weighted by atomic mass is 16.5. The number of hydrogen-bond acceptors (Lipinski definition) is 6. The quantitative estimate of drug-likeness (QED) is 0.680. The molecule has 2 aromatic carbocycles. The first kappa shape index (κ1) is 20.0. The molecule has 0 saturated heterocycles. The van der Waals surface area contributed by atoms with Crippen molar-refractivity contribution in [2.75, 3.05) is 35.0 Å². The summed E-state index contributed by atoms with van der Waals surface area (Å²) in [5.41, 5.74) is 4.15. The van der Waals surface area contributed by atoms with Crippen molar-refractivity contribution < 1.29 is 23.7 Å². The summed E-state index contributed by atoms with van der Waals surface area (Å²) in [7, 11) is 6.45. The summed E-state index contributed by atoms with van der Waals surface area (Å²) in [5.74, 6) is 2.57. The van der Waals surface area contributed by atoms with Crippen molar-refractivity contribution in [1.82, 2.24) is 4.90 Å². The van der Waals surface area contributed by atoms with Crippen LogP contribution in [0.15, 0.2) is 24.3 Å². The average molecular weight is 385 g/mol. The predicted molar refractivity (Wildman–Crippen MR) is 107 cm³/mol. The standard InChI is InChI=1S/C22H27NO5/c1-14(24)18-10-16-6-7-23(13-17(16)11-19(18)25-2)12-15-8-20(26-3)22(28-5)21(9-15)27-4/h8-11H,6-7,12-13H2,1-5H3. The Balaban J connectivity index is 1.84. The van der Waals surface area contributed by atoms with Gasteiger partial charge in [0.25, 0.3) is 0 Å². The van der Waals surface area contributed by atoms with E-state index in [-0.39, 0.29) is 5.78 Å².